The second kappa shape index (κ2) is 4.14. The van der Waals surface area contributed by atoms with Crippen LogP contribution in [0.15, 0.2) is 30.3 Å². The SMILES string of the molecule is CCC[C@@H]1[C@@H](CO)[C@H]1c1ccccc1. The van der Waals surface area contributed by atoms with Gasteiger partial charge in [0.2, 0.25) is 0 Å². The minimum absolute atomic E-state index is 0.351. The van der Waals surface area contributed by atoms with Crippen LogP contribution in [0.5, 0.6) is 0 Å². The van der Waals surface area contributed by atoms with Crippen molar-refractivity contribution in [3.05, 3.63) is 35.9 Å². The first-order chi connectivity index (χ1) is 6.88. The van der Waals surface area contributed by atoms with Gasteiger partial charge in [-0.15, -0.1) is 0 Å². The van der Waals surface area contributed by atoms with Gasteiger partial charge in [0.25, 0.3) is 0 Å². The van der Waals surface area contributed by atoms with Gasteiger partial charge in [0, 0.05) is 6.61 Å². The number of aliphatic hydroxyl groups is 1. The highest BCUT2D eigenvalue weighted by atomic mass is 16.3. The Labute approximate surface area is 85.8 Å². The van der Waals surface area contributed by atoms with E-state index in [2.05, 4.69) is 37.3 Å². The molecular weight excluding hydrogens is 172 g/mol. The van der Waals surface area contributed by atoms with Gasteiger partial charge in [-0.3, -0.25) is 0 Å². The summed E-state index contributed by atoms with van der Waals surface area (Å²) in [7, 11) is 0. The third-order valence-corrected chi connectivity index (χ3v) is 3.35. The Morgan fingerprint density at radius 1 is 1.14 bits per heavy atom. The third-order valence-electron chi connectivity index (χ3n) is 3.35. The highest BCUT2D eigenvalue weighted by molar-refractivity contribution is 5.28. The second-order valence-electron chi connectivity index (χ2n) is 4.24. The molecule has 0 heterocycles. The molecule has 1 nitrogen and oxygen atoms in total. The largest absolute Gasteiger partial charge is 0.396 e. The molecule has 1 fully saturated rings. The summed E-state index contributed by atoms with van der Waals surface area (Å²) >= 11 is 0. The number of hydrogen-bond donors (Lipinski definition) is 1. The lowest BCUT2D eigenvalue weighted by Gasteiger charge is -1.97. The van der Waals surface area contributed by atoms with Crippen LogP contribution in [0.25, 0.3) is 0 Å². The summed E-state index contributed by atoms with van der Waals surface area (Å²) in [6.07, 6.45) is 2.48. The Morgan fingerprint density at radius 3 is 2.43 bits per heavy atom. The van der Waals surface area contributed by atoms with Gasteiger partial charge in [-0.25, -0.2) is 0 Å². The zero-order chi connectivity index (χ0) is 9.97. The van der Waals surface area contributed by atoms with Crippen LogP contribution in [-0.2, 0) is 0 Å². The van der Waals surface area contributed by atoms with Crippen molar-refractivity contribution in [1.29, 1.82) is 0 Å². The smallest absolute Gasteiger partial charge is 0.0468 e. The summed E-state index contributed by atoms with van der Waals surface area (Å²) in [6.45, 7) is 2.57. The molecule has 1 aliphatic rings. The van der Waals surface area contributed by atoms with Crippen LogP contribution in [0.3, 0.4) is 0 Å². The van der Waals surface area contributed by atoms with E-state index >= 15 is 0 Å². The summed E-state index contributed by atoms with van der Waals surface area (Å²) in [4.78, 5) is 0. The lowest BCUT2D eigenvalue weighted by atomic mass is 10.1. The van der Waals surface area contributed by atoms with Crippen molar-refractivity contribution in [2.24, 2.45) is 11.8 Å². The quantitative estimate of drug-likeness (QED) is 0.774. The number of hydrogen-bond acceptors (Lipinski definition) is 1. The predicted molar refractivity (Wildman–Crippen MR) is 58.2 cm³/mol. The fraction of sp³-hybridized carbons (Fsp3) is 0.538. The molecule has 1 saturated carbocycles. The summed E-state index contributed by atoms with van der Waals surface area (Å²) < 4.78 is 0. The maximum Gasteiger partial charge on any atom is 0.0468 e. The zero-order valence-corrected chi connectivity index (χ0v) is 8.69. The average molecular weight is 190 g/mol. The Balaban J connectivity index is 2.06. The van der Waals surface area contributed by atoms with Crippen LogP contribution in [0.2, 0.25) is 0 Å². The molecule has 0 amide bonds. The number of benzene rings is 1. The van der Waals surface area contributed by atoms with E-state index in [4.69, 9.17) is 0 Å². The maximum absolute atomic E-state index is 9.23. The third kappa shape index (κ3) is 1.69. The standard InChI is InChI=1S/C13H18O/c1-2-6-11-12(9-14)13(11)10-7-4-3-5-8-10/h3-5,7-8,11-14H,2,6,9H2,1H3/t11-,12-,13+/m1/s1. The highest BCUT2D eigenvalue weighted by Crippen LogP contribution is 2.55. The van der Waals surface area contributed by atoms with Gasteiger partial charge in [0.15, 0.2) is 0 Å². The van der Waals surface area contributed by atoms with Gasteiger partial charge in [0.1, 0.15) is 0 Å². The summed E-state index contributed by atoms with van der Waals surface area (Å²) in [5.41, 5.74) is 1.41. The van der Waals surface area contributed by atoms with Crippen LogP contribution < -0.4 is 0 Å². The summed E-state index contributed by atoms with van der Waals surface area (Å²) in [6, 6.07) is 10.6. The molecule has 0 radical (unpaired) electrons. The molecule has 0 saturated heterocycles. The Morgan fingerprint density at radius 2 is 1.86 bits per heavy atom. The molecule has 1 N–H and O–H groups in total. The summed E-state index contributed by atoms with van der Waals surface area (Å²) in [5.74, 6) is 1.88. The van der Waals surface area contributed by atoms with Crippen molar-refractivity contribution in [2.45, 2.75) is 25.7 Å². The highest BCUT2D eigenvalue weighted by Gasteiger charge is 2.48. The van der Waals surface area contributed by atoms with E-state index in [1.807, 2.05) is 0 Å². The van der Waals surface area contributed by atoms with Crippen molar-refractivity contribution in [2.75, 3.05) is 6.61 Å². The molecule has 76 valence electrons. The fourth-order valence-electron chi connectivity index (χ4n) is 2.59. The van der Waals surface area contributed by atoms with Crippen LogP contribution in [-0.4, -0.2) is 11.7 Å². The fourth-order valence-corrected chi connectivity index (χ4v) is 2.59. The first-order valence-electron chi connectivity index (χ1n) is 5.54. The van der Waals surface area contributed by atoms with E-state index in [0.29, 0.717) is 18.4 Å². The van der Waals surface area contributed by atoms with E-state index in [9.17, 15) is 5.11 Å². The lowest BCUT2D eigenvalue weighted by molar-refractivity contribution is 0.265. The molecule has 14 heavy (non-hydrogen) atoms. The van der Waals surface area contributed by atoms with Gasteiger partial charge >= 0.3 is 0 Å². The van der Waals surface area contributed by atoms with Gasteiger partial charge in [-0.2, -0.15) is 0 Å². The van der Waals surface area contributed by atoms with Gasteiger partial charge in [0.05, 0.1) is 0 Å². The van der Waals surface area contributed by atoms with E-state index in [1.54, 1.807) is 0 Å². The van der Waals surface area contributed by atoms with Crippen molar-refractivity contribution >= 4 is 0 Å². The molecule has 0 aliphatic heterocycles. The number of aliphatic hydroxyl groups excluding tert-OH is 1. The monoisotopic (exact) mass is 190 g/mol. The van der Waals surface area contributed by atoms with E-state index < -0.39 is 0 Å². The molecule has 0 unspecified atom stereocenters. The average Bonchev–Trinajstić information content (AvgIpc) is 2.93. The van der Waals surface area contributed by atoms with Gasteiger partial charge in [-0.05, 0) is 29.7 Å². The molecule has 3 atom stereocenters. The predicted octanol–water partition coefficient (Wildman–Crippen LogP) is 2.81. The molecule has 0 bridgehead atoms. The normalized spacial score (nSPS) is 30.3. The molecule has 2 rings (SSSR count). The van der Waals surface area contributed by atoms with Crippen LogP contribution >= 0.6 is 0 Å². The van der Waals surface area contributed by atoms with Crippen molar-refractivity contribution in [3.63, 3.8) is 0 Å². The van der Waals surface area contributed by atoms with Crippen LogP contribution in [0.1, 0.15) is 31.2 Å². The molecule has 1 aliphatic carbocycles. The molecule has 1 aromatic rings. The first kappa shape index (κ1) is 9.72. The Bertz CT molecular complexity index is 281. The van der Waals surface area contributed by atoms with Gasteiger partial charge in [-0.1, -0.05) is 43.7 Å². The molecule has 0 aromatic heterocycles. The second-order valence-corrected chi connectivity index (χ2v) is 4.24. The van der Waals surface area contributed by atoms with Crippen molar-refractivity contribution in [1.82, 2.24) is 0 Å². The maximum atomic E-state index is 9.23. The van der Waals surface area contributed by atoms with E-state index in [0.717, 1.165) is 5.92 Å². The molecule has 1 heteroatoms. The minimum atomic E-state index is 0.351. The molecule has 1 aromatic carbocycles. The number of rotatable bonds is 4. The van der Waals surface area contributed by atoms with Crippen molar-refractivity contribution in [3.8, 4) is 0 Å². The topological polar surface area (TPSA) is 20.2 Å². The van der Waals surface area contributed by atoms with E-state index in [-0.39, 0.29) is 0 Å². The molecule has 0 spiro atoms. The van der Waals surface area contributed by atoms with Crippen LogP contribution in [0, 0.1) is 11.8 Å². The van der Waals surface area contributed by atoms with Crippen LogP contribution in [0.4, 0.5) is 0 Å². The zero-order valence-electron chi connectivity index (χ0n) is 8.69. The Hall–Kier alpha value is -0.820. The molecular formula is C13H18O. The van der Waals surface area contributed by atoms with E-state index in [1.165, 1.54) is 18.4 Å². The Kier molecular flexibility index (Phi) is 2.87. The minimum Gasteiger partial charge on any atom is -0.396 e. The van der Waals surface area contributed by atoms with Crippen molar-refractivity contribution < 1.29 is 5.11 Å². The first-order valence-corrected chi connectivity index (χ1v) is 5.54. The lowest BCUT2D eigenvalue weighted by Crippen LogP contribution is -1.88. The van der Waals surface area contributed by atoms with Gasteiger partial charge < -0.3 is 5.11 Å². The summed E-state index contributed by atoms with van der Waals surface area (Å²) in [5, 5.41) is 9.23.